The Kier molecular flexibility index (Phi) is 5.06. The van der Waals surface area contributed by atoms with E-state index in [-0.39, 0.29) is 29.1 Å². The Bertz CT molecular complexity index is 870. The zero-order valence-corrected chi connectivity index (χ0v) is 15.1. The van der Waals surface area contributed by atoms with Crippen molar-refractivity contribution in [3.05, 3.63) is 53.5 Å². The number of hydrogen-bond acceptors (Lipinski definition) is 4. The molecule has 0 saturated heterocycles. The third-order valence-electron chi connectivity index (χ3n) is 4.37. The fourth-order valence-electron chi connectivity index (χ4n) is 3.17. The van der Waals surface area contributed by atoms with E-state index in [0.29, 0.717) is 19.6 Å². The van der Waals surface area contributed by atoms with E-state index in [2.05, 4.69) is 4.98 Å². The van der Waals surface area contributed by atoms with Gasteiger partial charge in [-0.15, -0.1) is 0 Å². The summed E-state index contributed by atoms with van der Waals surface area (Å²) in [6.07, 6.45) is 1.98. The third-order valence-corrected chi connectivity index (χ3v) is 6.17. The van der Waals surface area contributed by atoms with Gasteiger partial charge in [0.25, 0.3) is 10.0 Å². The lowest BCUT2D eigenvalue weighted by atomic mass is 9.95. The number of hydrogen-bond donors (Lipinski definition) is 0. The summed E-state index contributed by atoms with van der Waals surface area (Å²) < 4.78 is 46.6. The highest BCUT2D eigenvalue weighted by molar-refractivity contribution is 7.89. The molecule has 5 nitrogen and oxygen atoms in total. The Morgan fingerprint density at radius 1 is 1.36 bits per heavy atom. The number of pyridine rings is 1. The quantitative estimate of drug-likeness (QED) is 0.837. The largest absolute Gasteiger partial charge is 0.491 e. The maximum atomic E-state index is 13.6. The van der Waals surface area contributed by atoms with Gasteiger partial charge in [-0.2, -0.15) is 4.31 Å². The van der Waals surface area contributed by atoms with Crippen LogP contribution in [0.3, 0.4) is 0 Å². The SMILES string of the molecule is CCOc1cccnc1S(=O)(=O)N1CCc2ccc(F)cc2C(C)C1. The number of halogens is 1. The molecule has 25 heavy (non-hydrogen) atoms. The number of nitrogens with zero attached hydrogens (tertiary/aromatic N) is 2. The van der Waals surface area contributed by atoms with E-state index in [4.69, 9.17) is 4.74 Å². The predicted molar refractivity (Wildman–Crippen MR) is 92.7 cm³/mol. The van der Waals surface area contributed by atoms with Crippen molar-refractivity contribution >= 4 is 10.0 Å². The number of sulfonamides is 1. The fraction of sp³-hybridized carbons (Fsp3) is 0.389. The Morgan fingerprint density at radius 3 is 2.92 bits per heavy atom. The highest BCUT2D eigenvalue weighted by Crippen LogP contribution is 2.31. The molecule has 0 fully saturated rings. The van der Waals surface area contributed by atoms with Crippen LogP contribution in [0.1, 0.15) is 30.9 Å². The molecule has 2 aromatic rings. The number of rotatable bonds is 4. The van der Waals surface area contributed by atoms with E-state index in [1.165, 1.54) is 22.6 Å². The van der Waals surface area contributed by atoms with Crippen LogP contribution in [0.4, 0.5) is 4.39 Å². The molecule has 1 atom stereocenters. The van der Waals surface area contributed by atoms with Crippen molar-refractivity contribution in [3.63, 3.8) is 0 Å². The third kappa shape index (κ3) is 3.52. The molecule has 0 saturated carbocycles. The van der Waals surface area contributed by atoms with Crippen LogP contribution < -0.4 is 4.74 Å². The van der Waals surface area contributed by atoms with Gasteiger partial charge in [0.05, 0.1) is 6.61 Å². The molecule has 0 spiro atoms. The molecule has 0 aliphatic carbocycles. The zero-order valence-electron chi connectivity index (χ0n) is 14.3. The lowest BCUT2D eigenvalue weighted by Gasteiger charge is -2.23. The van der Waals surface area contributed by atoms with E-state index >= 15 is 0 Å². The molecule has 2 heterocycles. The molecule has 0 bridgehead atoms. The molecular formula is C18H21FN2O3S. The zero-order chi connectivity index (χ0) is 18.0. The van der Waals surface area contributed by atoms with Crippen molar-refractivity contribution in [1.82, 2.24) is 9.29 Å². The molecule has 1 aliphatic heterocycles. The molecule has 1 aromatic heterocycles. The molecule has 3 rings (SSSR count). The molecule has 7 heteroatoms. The van der Waals surface area contributed by atoms with E-state index in [0.717, 1.165) is 11.1 Å². The van der Waals surface area contributed by atoms with Gasteiger partial charge in [-0.3, -0.25) is 0 Å². The highest BCUT2D eigenvalue weighted by Gasteiger charge is 2.32. The van der Waals surface area contributed by atoms with Crippen LogP contribution in [0.25, 0.3) is 0 Å². The van der Waals surface area contributed by atoms with E-state index in [1.54, 1.807) is 25.1 Å². The summed E-state index contributed by atoms with van der Waals surface area (Å²) in [5, 5.41) is -0.0683. The van der Waals surface area contributed by atoms with Crippen LogP contribution in [-0.4, -0.2) is 37.4 Å². The fourth-order valence-corrected chi connectivity index (χ4v) is 4.74. The number of fused-ring (bicyclic) bond motifs is 1. The second-order valence-electron chi connectivity index (χ2n) is 6.10. The maximum Gasteiger partial charge on any atom is 0.264 e. The molecular weight excluding hydrogens is 343 g/mol. The summed E-state index contributed by atoms with van der Waals surface area (Å²) >= 11 is 0. The van der Waals surface area contributed by atoms with Gasteiger partial charge in [-0.25, -0.2) is 17.8 Å². The van der Waals surface area contributed by atoms with Crippen LogP contribution in [-0.2, 0) is 16.4 Å². The molecule has 1 aromatic carbocycles. The molecule has 0 N–H and O–H groups in total. The first kappa shape index (κ1) is 17.8. The van der Waals surface area contributed by atoms with Gasteiger partial charge in [0.1, 0.15) is 5.82 Å². The molecule has 134 valence electrons. The average molecular weight is 364 g/mol. The van der Waals surface area contributed by atoms with Crippen molar-refractivity contribution in [1.29, 1.82) is 0 Å². The second-order valence-corrected chi connectivity index (χ2v) is 7.95. The first-order valence-electron chi connectivity index (χ1n) is 8.29. The van der Waals surface area contributed by atoms with Gasteiger partial charge in [-0.05, 0) is 54.7 Å². The lowest BCUT2D eigenvalue weighted by Crippen LogP contribution is -2.35. The maximum absolute atomic E-state index is 13.6. The second kappa shape index (κ2) is 7.09. The molecule has 1 aliphatic rings. The molecule has 1 unspecified atom stereocenters. The van der Waals surface area contributed by atoms with E-state index in [1.807, 2.05) is 6.92 Å². The monoisotopic (exact) mass is 364 g/mol. The first-order chi connectivity index (χ1) is 11.9. The summed E-state index contributed by atoms with van der Waals surface area (Å²) in [6, 6.07) is 7.91. The average Bonchev–Trinajstić information content (AvgIpc) is 2.75. The predicted octanol–water partition coefficient (Wildman–Crippen LogP) is 2.97. The molecule has 0 amide bonds. The summed E-state index contributed by atoms with van der Waals surface area (Å²) in [7, 11) is -3.80. The van der Waals surface area contributed by atoms with E-state index in [9.17, 15) is 12.8 Å². The van der Waals surface area contributed by atoms with Crippen molar-refractivity contribution in [2.45, 2.75) is 31.2 Å². The van der Waals surface area contributed by atoms with E-state index < -0.39 is 10.0 Å². The normalized spacial score (nSPS) is 18.4. The minimum atomic E-state index is -3.80. The van der Waals surface area contributed by atoms with Crippen molar-refractivity contribution in [2.24, 2.45) is 0 Å². The number of aromatic nitrogens is 1. The summed E-state index contributed by atoms with van der Waals surface area (Å²) in [5.74, 6) is -0.155. The van der Waals surface area contributed by atoms with Gasteiger partial charge >= 0.3 is 0 Å². The van der Waals surface area contributed by atoms with Gasteiger partial charge < -0.3 is 4.74 Å². The Labute approximate surface area is 147 Å². The van der Waals surface area contributed by atoms with Crippen LogP contribution in [0.2, 0.25) is 0 Å². The minimum absolute atomic E-state index is 0.0683. The van der Waals surface area contributed by atoms with Gasteiger partial charge in [0.15, 0.2) is 5.75 Å². The van der Waals surface area contributed by atoms with Crippen LogP contribution in [0.5, 0.6) is 5.75 Å². The lowest BCUT2D eigenvalue weighted by molar-refractivity contribution is 0.324. The minimum Gasteiger partial charge on any atom is -0.491 e. The topological polar surface area (TPSA) is 59.5 Å². The Morgan fingerprint density at radius 2 is 2.16 bits per heavy atom. The van der Waals surface area contributed by atoms with Crippen LogP contribution in [0, 0.1) is 5.82 Å². The first-order valence-corrected chi connectivity index (χ1v) is 9.73. The van der Waals surface area contributed by atoms with Gasteiger partial charge in [0, 0.05) is 19.3 Å². The van der Waals surface area contributed by atoms with Crippen LogP contribution in [0.15, 0.2) is 41.6 Å². The highest BCUT2D eigenvalue weighted by atomic mass is 32.2. The summed E-state index contributed by atoms with van der Waals surface area (Å²) in [6.45, 7) is 4.67. The summed E-state index contributed by atoms with van der Waals surface area (Å²) in [5.41, 5.74) is 1.85. The smallest absolute Gasteiger partial charge is 0.264 e. The van der Waals surface area contributed by atoms with Crippen molar-refractivity contribution in [2.75, 3.05) is 19.7 Å². The van der Waals surface area contributed by atoms with Gasteiger partial charge in [-0.1, -0.05) is 13.0 Å². The van der Waals surface area contributed by atoms with Gasteiger partial charge in [0.2, 0.25) is 5.03 Å². The Hall–Kier alpha value is -1.99. The van der Waals surface area contributed by atoms with Crippen molar-refractivity contribution < 1.29 is 17.5 Å². The standard InChI is InChI=1S/C18H21FN2O3S/c1-3-24-17-5-4-9-20-18(17)25(22,23)21-10-8-14-6-7-15(19)11-16(14)13(2)12-21/h4-7,9,11,13H,3,8,10,12H2,1-2H3. The summed E-state index contributed by atoms with van der Waals surface area (Å²) in [4.78, 5) is 4.05. The van der Waals surface area contributed by atoms with Crippen molar-refractivity contribution in [3.8, 4) is 5.75 Å². The molecule has 0 radical (unpaired) electrons. The Balaban J connectivity index is 1.95. The number of ether oxygens (including phenoxy) is 1. The van der Waals surface area contributed by atoms with Crippen LogP contribution >= 0.6 is 0 Å². The number of benzene rings is 1.